The van der Waals surface area contributed by atoms with Crippen LogP contribution in [-0.4, -0.2) is 12.5 Å². The van der Waals surface area contributed by atoms with Crippen molar-refractivity contribution in [2.75, 3.05) is 6.61 Å². The minimum atomic E-state index is -0.0900. The van der Waals surface area contributed by atoms with Crippen molar-refractivity contribution in [1.29, 1.82) is 0 Å². The van der Waals surface area contributed by atoms with Crippen molar-refractivity contribution in [2.45, 2.75) is 13.3 Å². The number of ether oxygens (including phenoxy) is 1. The van der Waals surface area contributed by atoms with Crippen LogP contribution >= 0.6 is 0 Å². The summed E-state index contributed by atoms with van der Waals surface area (Å²) in [6, 6.07) is 7.69. The van der Waals surface area contributed by atoms with Crippen molar-refractivity contribution in [3.8, 4) is 5.75 Å². The first-order valence-electron chi connectivity index (χ1n) is 6.60. The van der Waals surface area contributed by atoms with E-state index in [0.29, 0.717) is 11.8 Å². The molecule has 1 aromatic carbocycles. The van der Waals surface area contributed by atoms with E-state index in [0.717, 1.165) is 17.9 Å². The van der Waals surface area contributed by atoms with Crippen LogP contribution < -0.4 is 10.1 Å². The van der Waals surface area contributed by atoms with Crippen molar-refractivity contribution >= 4 is 5.91 Å². The first-order chi connectivity index (χ1) is 9.22. The van der Waals surface area contributed by atoms with Gasteiger partial charge in [0.05, 0.1) is 0 Å². The average Bonchev–Trinajstić information content (AvgIpc) is 3.18. The Morgan fingerprint density at radius 1 is 1.42 bits per heavy atom. The Balaban J connectivity index is 0.00000147. The monoisotopic (exact) mass is 257 g/mol. The molecule has 2 unspecified atom stereocenters. The van der Waals surface area contributed by atoms with Crippen LogP contribution in [0.4, 0.5) is 0 Å². The van der Waals surface area contributed by atoms with E-state index < -0.39 is 0 Å². The van der Waals surface area contributed by atoms with Crippen molar-refractivity contribution < 1.29 is 11.0 Å². The number of rotatable bonds is 4. The summed E-state index contributed by atoms with van der Waals surface area (Å²) in [5, 5.41) is 2.94. The number of carbonyl (C=O) groups excluding carboxylic acids is 1. The number of aryl methyl sites for hydroxylation is 1. The SMILES string of the molecule is Cc1ccc(OCC(=O)NC2=CC=CC3CC23)cc1.[HH]. The third-order valence-electron chi connectivity index (χ3n) is 3.55. The molecule has 0 radical (unpaired) electrons. The maximum atomic E-state index is 11.8. The highest BCUT2D eigenvalue weighted by Crippen LogP contribution is 2.46. The molecule has 0 spiro atoms. The summed E-state index contributed by atoms with van der Waals surface area (Å²) in [5.41, 5.74) is 2.21. The van der Waals surface area contributed by atoms with E-state index in [1.54, 1.807) is 0 Å². The second-order valence-corrected chi connectivity index (χ2v) is 5.16. The van der Waals surface area contributed by atoms with E-state index in [9.17, 15) is 4.79 Å². The Morgan fingerprint density at radius 2 is 2.21 bits per heavy atom. The van der Waals surface area contributed by atoms with Crippen molar-refractivity contribution in [1.82, 2.24) is 5.32 Å². The maximum Gasteiger partial charge on any atom is 0.262 e. The number of benzene rings is 1. The molecular formula is C16H19NO2. The molecule has 1 fully saturated rings. The second kappa shape index (κ2) is 4.92. The molecule has 0 aromatic heterocycles. The van der Waals surface area contributed by atoms with Gasteiger partial charge in [0.2, 0.25) is 0 Å². The lowest BCUT2D eigenvalue weighted by molar-refractivity contribution is -0.122. The molecule has 1 saturated carbocycles. The lowest BCUT2D eigenvalue weighted by atomic mass is 10.1. The Labute approximate surface area is 114 Å². The van der Waals surface area contributed by atoms with Gasteiger partial charge in [-0.25, -0.2) is 0 Å². The first kappa shape index (κ1) is 12.0. The van der Waals surface area contributed by atoms with E-state index in [1.807, 2.05) is 43.3 Å². The van der Waals surface area contributed by atoms with Gasteiger partial charge in [0.15, 0.2) is 6.61 Å². The summed E-state index contributed by atoms with van der Waals surface area (Å²) in [7, 11) is 0. The molecule has 2 aliphatic carbocycles. The third-order valence-corrected chi connectivity index (χ3v) is 3.55. The molecule has 3 rings (SSSR count). The summed E-state index contributed by atoms with van der Waals surface area (Å²) in [6.45, 7) is 2.08. The summed E-state index contributed by atoms with van der Waals surface area (Å²) in [4.78, 5) is 11.8. The van der Waals surface area contributed by atoms with Crippen molar-refractivity contribution in [2.24, 2.45) is 11.8 Å². The van der Waals surface area contributed by atoms with Crippen LogP contribution in [0.25, 0.3) is 0 Å². The Kier molecular flexibility index (Phi) is 3.11. The smallest absolute Gasteiger partial charge is 0.262 e. The highest BCUT2D eigenvalue weighted by atomic mass is 16.5. The lowest BCUT2D eigenvalue weighted by Crippen LogP contribution is -2.29. The quantitative estimate of drug-likeness (QED) is 0.900. The average molecular weight is 257 g/mol. The Hall–Kier alpha value is -2.03. The van der Waals surface area contributed by atoms with Gasteiger partial charge in [-0.3, -0.25) is 4.79 Å². The van der Waals surface area contributed by atoms with Crippen LogP contribution in [0.2, 0.25) is 0 Å². The summed E-state index contributed by atoms with van der Waals surface area (Å²) < 4.78 is 5.46. The molecule has 1 aromatic rings. The number of fused-ring (bicyclic) bond motifs is 1. The zero-order valence-electron chi connectivity index (χ0n) is 10.9. The van der Waals surface area contributed by atoms with Gasteiger partial charge < -0.3 is 10.1 Å². The van der Waals surface area contributed by atoms with Gasteiger partial charge in [-0.2, -0.15) is 0 Å². The van der Waals surface area contributed by atoms with Gasteiger partial charge in [0, 0.05) is 13.0 Å². The number of hydrogen-bond acceptors (Lipinski definition) is 2. The van der Waals surface area contributed by atoms with E-state index in [-0.39, 0.29) is 13.9 Å². The van der Waals surface area contributed by atoms with Crippen LogP contribution in [0.1, 0.15) is 13.4 Å². The molecule has 0 aliphatic heterocycles. The molecule has 0 heterocycles. The van der Waals surface area contributed by atoms with E-state index in [4.69, 9.17) is 4.74 Å². The molecule has 3 heteroatoms. The fourth-order valence-corrected chi connectivity index (χ4v) is 2.33. The van der Waals surface area contributed by atoms with Crippen molar-refractivity contribution in [3.63, 3.8) is 0 Å². The van der Waals surface area contributed by atoms with Gasteiger partial charge >= 0.3 is 0 Å². The predicted molar refractivity (Wildman–Crippen MR) is 75.8 cm³/mol. The molecule has 1 N–H and O–H groups in total. The van der Waals surface area contributed by atoms with E-state index in [2.05, 4.69) is 11.4 Å². The number of hydrogen-bond donors (Lipinski definition) is 1. The zero-order chi connectivity index (χ0) is 13.2. The number of carbonyl (C=O) groups is 1. The summed E-state index contributed by atoms with van der Waals surface area (Å²) in [6.07, 6.45) is 7.35. The third kappa shape index (κ3) is 2.87. The van der Waals surface area contributed by atoms with Crippen LogP contribution in [0, 0.1) is 18.8 Å². The Bertz CT molecular complexity index is 548. The molecule has 19 heavy (non-hydrogen) atoms. The highest BCUT2D eigenvalue weighted by molar-refractivity contribution is 5.79. The Morgan fingerprint density at radius 3 is 3.00 bits per heavy atom. The zero-order valence-corrected chi connectivity index (χ0v) is 10.9. The van der Waals surface area contributed by atoms with Crippen LogP contribution in [0.15, 0.2) is 48.2 Å². The molecule has 0 saturated heterocycles. The van der Waals surface area contributed by atoms with Gasteiger partial charge in [-0.05, 0) is 37.5 Å². The number of amides is 1. The standard InChI is InChI=1S/C16H17NO2.H2/c1-11-5-7-13(8-6-11)19-10-16(18)17-15-4-2-3-12-9-14(12)15;/h2-8,12,14H,9-10H2,1H3,(H,17,18);1H. The molecule has 0 bridgehead atoms. The second-order valence-electron chi connectivity index (χ2n) is 5.16. The first-order valence-corrected chi connectivity index (χ1v) is 6.60. The van der Waals surface area contributed by atoms with Gasteiger partial charge in [-0.1, -0.05) is 29.8 Å². The molecule has 2 aliphatic rings. The maximum absolute atomic E-state index is 11.8. The lowest BCUT2D eigenvalue weighted by Gasteiger charge is -2.11. The minimum absolute atomic E-state index is 0. The topological polar surface area (TPSA) is 38.3 Å². The van der Waals surface area contributed by atoms with Gasteiger partial charge in [0.1, 0.15) is 5.75 Å². The fraction of sp³-hybridized carbons (Fsp3) is 0.312. The molecule has 1 amide bonds. The molecule has 3 nitrogen and oxygen atoms in total. The van der Waals surface area contributed by atoms with Crippen LogP contribution in [0.3, 0.4) is 0 Å². The van der Waals surface area contributed by atoms with Crippen molar-refractivity contribution in [3.05, 3.63) is 53.8 Å². The minimum Gasteiger partial charge on any atom is -0.484 e. The number of allylic oxidation sites excluding steroid dienone is 4. The molecule has 100 valence electrons. The van der Waals surface area contributed by atoms with Crippen LogP contribution in [0.5, 0.6) is 5.75 Å². The molecular weight excluding hydrogens is 238 g/mol. The predicted octanol–water partition coefficient (Wildman–Crippen LogP) is 2.83. The summed E-state index contributed by atoms with van der Waals surface area (Å²) >= 11 is 0. The normalized spacial score (nSPS) is 23.3. The number of nitrogens with one attached hydrogen (secondary N) is 1. The largest absolute Gasteiger partial charge is 0.484 e. The van der Waals surface area contributed by atoms with Crippen LogP contribution in [-0.2, 0) is 4.79 Å². The van der Waals surface area contributed by atoms with E-state index in [1.165, 1.54) is 5.56 Å². The molecule has 2 atom stereocenters. The summed E-state index contributed by atoms with van der Waals surface area (Å²) in [5.74, 6) is 1.79. The highest BCUT2D eigenvalue weighted by Gasteiger charge is 2.39. The van der Waals surface area contributed by atoms with E-state index >= 15 is 0 Å². The van der Waals surface area contributed by atoms with Gasteiger partial charge in [-0.15, -0.1) is 0 Å². The fourth-order valence-electron chi connectivity index (χ4n) is 2.33. The van der Waals surface area contributed by atoms with Gasteiger partial charge in [0.25, 0.3) is 5.91 Å².